The Morgan fingerprint density at radius 2 is 1.24 bits per heavy atom. The largest absolute Gasteiger partial charge is 0.456 e. The molecule has 0 fully saturated rings. The van der Waals surface area contributed by atoms with E-state index in [-0.39, 0.29) is 67.6 Å². The number of carbonyl (C=O) groups excluding carboxylic acids is 2. The maximum Gasteiger partial charge on any atom is 0.295 e. The van der Waals surface area contributed by atoms with Crippen LogP contribution < -0.4 is 21.3 Å². The molecule has 0 spiro atoms. The van der Waals surface area contributed by atoms with Gasteiger partial charge in [-0.3, -0.25) is 14.1 Å². The van der Waals surface area contributed by atoms with Crippen molar-refractivity contribution >= 4 is 71.4 Å². The van der Waals surface area contributed by atoms with Gasteiger partial charge in [0.1, 0.15) is 21.1 Å². The van der Waals surface area contributed by atoms with Crippen LogP contribution in [0.25, 0.3) is 33.4 Å². The first-order valence-corrected chi connectivity index (χ1v) is 27.6. The minimum absolute atomic E-state index is 0.0701. The number of nitrogens with one attached hydrogen (secondary N) is 3. The molecule has 0 saturated heterocycles. The van der Waals surface area contributed by atoms with E-state index in [1.807, 2.05) is 101 Å². The van der Waals surface area contributed by atoms with Gasteiger partial charge in [-0.05, 0) is 116 Å². The second kappa shape index (κ2) is 21.7. The summed E-state index contributed by atoms with van der Waals surface area (Å²) in [5.74, 6) is -0.0663. The van der Waals surface area contributed by atoms with Gasteiger partial charge in [-0.15, -0.1) is 0 Å². The maximum atomic E-state index is 15.1. The van der Waals surface area contributed by atoms with Crippen molar-refractivity contribution in [1.29, 1.82) is 0 Å². The number of amides is 2. The highest BCUT2D eigenvalue weighted by Gasteiger charge is 2.30. The molecule has 0 aromatic heterocycles. The Bertz CT molecular complexity index is 3330. The third-order valence-electron chi connectivity index (χ3n) is 12.8. The summed E-state index contributed by atoms with van der Waals surface area (Å²) in [6, 6.07) is 18.4. The molecule has 72 heavy (non-hydrogen) atoms. The predicted octanol–water partition coefficient (Wildman–Crippen LogP) is 13.6. The molecule has 4 N–H and O–H groups in total. The molecular formula is C57H73N5O8S2. The first kappa shape index (κ1) is 55.4. The number of sulfonamides is 1. The molecule has 1 aliphatic carbocycles. The molecule has 0 radical (unpaired) electrons. The van der Waals surface area contributed by atoms with Crippen LogP contribution in [0.2, 0.25) is 0 Å². The van der Waals surface area contributed by atoms with Gasteiger partial charge >= 0.3 is 0 Å². The molecule has 1 aliphatic heterocycles. The molecule has 0 saturated carbocycles. The van der Waals surface area contributed by atoms with Crippen molar-refractivity contribution in [2.45, 2.75) is 145 Å². The van der Waals surface area contributed by atoms with Gasteiger partial charge in [0.05, 0.1) is 11.0 Å². The summed E-state index contributed by atoms with van der Waals surface area (Å²) in [5, 5.41) is 10.3. The molecule has 2 amide bonds. The highest BCUT2D eigenvalue weighted by atomic mass is 32.2. The first-order chi connectivity index (χ1) is 33.5. The Labute approximate surface area is 427 Å². The molecule has 2 aliphatic rings. The molecule has 1 heterocycles. The van der Waals surface area contributed by atoms with E-state index in [9.17, 15) is 22.6 Å². The molecule has 13 nitrogen and oxygen atoms in total. The van der Waals surface area contributed by atoms with Crippen LogP contribution >= 0.6 is 0 Å². The summed E-state index contributed by atoms with van der Waals surface area (Å²) in [6.45, 7) is 25.9. The highest BCUT2D eigenvalue weighted by Crippen LogP contribution is 2.45. The summed E-state index contributed by atoms with van der Waals surface area (Å²) in [5.41, 5.74) is 8.58. The summed E-state index contributed by atoms with van der Waals surface area (Å²) < 4.78 is 75.2. The van der Waals surface area contributed by atoms with Crippen LogP contribution in [0.5, 0.6) is 0 Å². The van der Waals surface area contributed by atoms with Crippen LogP contribution in [0, 0.1) is 52.4 Å². The Morgan fingerprint density at radius 1 is 0.667 bits per heavy atom. The quantitative estimate of drug-likeness (QED) is 0.0392. The van der Waals surface area contributed by atoms with Crippen molar-refractivity contribution in [2.24, 2.45) is 15.8 Å². The number of fused-ring (bicyclic) bond motifs is 2. The van der Waals surface area contributed by atoms with E-state index < -0.39 is 20.1 Å². The highest BCUT2D eigenvalue weighted by molar-refractivity contribution is 7.89. The van der Waals surface area contributed by atoms with E-state index in [4.69, 9.17) is 9.41 Å². The first-order valence-electron chi connectivity index (χ1n) is 24.7. The van der Waals surface area contributed by atoms with Crippen molar-refractivity contribution in [3.63, 3.8) is 0 Å². The van der Waals surface area contributed by atoms with Crippen LogP contribution in [-0.4, -0.2) is 51.1 Å². The number of anilines is 4. The minimum Gasteiger partial charge on any atom is -0.456 e. The number of hydrogen-bond acceptors (Lipinski definition) is 9. The van der Waals surface area contributed by atoms with E-state index in [2.05, 4.69) is 22.9 Å². The minimum atomic E-state index is -4.81. The SMILES string of the molecule is CCCCCCCN(C)S(=O)(=O)c1cc2c(-c3ccccc3S(=O)(=O)O)c3ccc(Nc4c(C)cc(C)c(NC(=O)CC(C)(C)C)c4C)cc3oc-2cc1=Nc1c(C)cc(C)c(NC(=O)CC(C)(C)C)c1C. The normalized spacial score (nSPS) is 12.8. The van der Waals surface area contributed by atoms with E-state index >= 15 is 8.42 Å². The fraction of sp³-hybridized carbons (Fsp3) is 0.421. The number of rotatable bonds is 17. The van der Waals surface area contributed by atoms with E-state index in [1.165, 1.54) is 22.5 Å². The molecule has 15 heteroatoms. The van der Waals surface area contributed by atoms with Crippen molar-refractivity contribution in [3.05, 3.63) is 105 Å². The Kier molecular flexibility index (Phi) is 16.7. The number of hydrogen-bond donors (Lipinski definition) is 4. The molecule has 0 bridgehead atoms. The third kappa shape index (κ3) is 12.8. The Morgan fingerprint density at radius 3 is 1.83 bits per heavy atom. The lowest BCUT2D eigenvalue weighted by atomic mass is 9.91. The summed E-state index contributed by atoms with van der Waals surface area (Å²) in [6.07, 6.45) is 5.18. The molecule has 0 atom stereocenters. The third-order valence-corrected chi connectivity index (χ3v) is 15.6. The molecule has 4 aromatic carbocycles. The van der Waals surface area contributed by atoms with Crippen molar-refractivity contribution in [1.82, 2.24) is 4.31 Å². The lowest BCUT2D eigenvalue weighted by Gasteiger charge is -2.23. The van der Waals surface area contributed by atoms with Crippen LogP contribution in [0.1, 0.15) is 127 Å². The number of unbranched alkanes of at least 4 members (excludes halogenated alkanes) is 4. The van der Waals surface area contributed by atoms with Gasteiger partial charge in [0.15, 0.2) is 0 Å². The maximum absolute atomic E-state index is 15.1. The number of nitrogens with zero attached hydrogens (tertiary/aromatic N) is 2. The van der Waals surface area contributed by atoms with E-state index in [1.54, 1.807) is 37.4 Å². The lowest BCUT2D eigenvalue weighted by Crippen LogP contribution is -2.32. The fourth-order valence-electron chi connectivity index (χ4n) is 9.40. The average molecular weight is 1020 g/mol. The van der Waals surface area contributed by atoms with Crippen LogP contribution in [0.15, 0.2) is 85.9 Å². The van der Waals surface area contributed by atoms with Gasteiger partial charge in [0.2, 0.25) is 21.8 Å². The summed E-state index contributed by atoms with van der Waals surface area (Å²) >= 11 is 0. The van der Waals surface area contributed by atoms with Gasteiger partial charge in [-0.1, -0.05) is 104 Å². The number of carbonyl (C=O) groups is 2. The zero-order valence-electron chi connectivity index (χ0n) is 44.5. The summed E-state index contributed by atoms with van der Waals surface area (Å²) in [7, 11) is -7.56. The summed E-state index contributed by atoms with van der Waals surface area (Å²) in [4.78, 5) is 31.1. The molecule has 6 rings (SSSR count). The van der Waals surface area contributed by atoms with Crippen LogP contribution in [0.3, 0.4) is 0 Å². The fourth-order valence-corrected chi connectivity index (χ4v) is 11.4. The van der Waals surface area contributed by atoms with Gasteiger partial charge in [0.25, 0.3) is 10.1 Å². The van der Waals surface area contributed by atoms with Gasteiger partial charge < -0.3 is 20.4 Å². The Hall–Kier alpha value is -5.87. The van der Waals surface area contributed by atoms with Crippen LogP contribution in [0.4, 0.5) is 28.4 Å². The molecule has 0 unspecified atom stereocenters. The monoisotopic (exact) mass is 1020 g/mol. The zero-order valence-corrected chi connectivity index (χ0v) is 46.2. The predicted molar refractivity (Wildman–Crippen MR) is 292 cm³/mol. The Balaban J connectivity index is 1.66. The molecule has 4 aromatic rings. The van der Waals surface area contributed by atoms with E-state index in [0.717, 1.165) is 59.2 Å². The second-order valence-corrected chi connectivity index (χ2v) is 25.2. The molecule has 386 valence electrons. The van der Waals surface area contributed by atoms with Gasteiger partial charge in [-0.2, -0.15) is 8.42 Å². The smallest absolute Gasteiger partial charge is 0.295 e. The number of benzene rings is 5. The average Bonchev–Trinajstić information content (AvgIpc) is 3.26. The molecular weight excluding hydrogens is 947 g/mol. The lowest BCUT2D eigenvalue weighted by molar-refractivity contribution is -0.118. The topological polar surface area (TPSA) is 187 Å². The van der Waals surface area contributed by atoms with Crippen molar-refractivity contribution in [2.75, 3.05) is 29.5 Å². The second-order valence-electron chi connectivity index (χ2n) is 21.8. The van der Waals surface area contributed by atoms with Crippen molar-refractivity contribution < 1.29 is 35.4 Å². The van der Waals surface area contributed by atoms with Gasteiger partial charge in [0, 0.05) is 83.4 Å². The van der Waals surface area contributed by atoms with Crippen LogP contribution in [-0.2, 0) is 29.7 Å². The van der Waals surface area contributed by atoms with Crippen molar-refractivity contribution in [3.8, 4) is 22.5 Å². The number of aryl methyl sites for hydroxylation is 4. The zero-order chi connectivity index (χ0) is 53.2. The van der Waals surface area contributed by atoms with E-state index in [0.29, 0.717) is 57.7 Å². The van der Waals surface area contributed by atoms with Gasteiger partial charge in [-0.25, -0.2) is 17.7 Å². The standard InChI is InChI=1S/C57H73N5O8S2/c1-15-16-17-18-21-26-62(14)71(65,66)48-30-43-46(31-44(48)59-53-35(3)28-37(5)55(39(53)7)61-50(64)33-57(11,12)13)70-45-29-40(24-25-41(45)51(43)42-22-19-20-23-47(42)72(67,68)69)58-52-34(2)27-36(4)54(38(52)6)60-49(63)32-56(8,9)10/h19-20,22-25,27-31,58H,15-18,21,26,32-33H2,1-14H3,(H,60,63)(H,61,64)(H,67,68,69).